The Morgan fingerprint density at radius 2 is 0.519 bits per heavy atom. The van der Waals surface area contributed by atoms with Crippen LogP contribution in [0.3, 0.4) is 0 Å². The van der Waals surface area contributed by atoms with Crippen molar-refractivity contribution < 1.29 is 13.2 Å². The number of para-hydroxylation sites is 1. The summed E-state index contributed by atoms with van der Waals surface area (Å²) in [6.07, 6.45) is -4.56. The Balaban J connectivity index is 1.21. The first-order chi connectivity index (χ1) is 38.3. The third-order valence-electron chi connectivity index (χ3n) is 16.1. The number of rotatable bonds is 8. The molecule has 0 saturated heterocycles. The molecule has 0 fully saturated rings. The van der Waals surface area contributed by atoms with Gasteiger partial charge in [0.15, 0.2) is 0 Å². The fourth-order valence-electron chi connectivity index (χ4n) is 12.3. The molecule has 1 heterocycles. The molecule has 0 bridgehead atoms. The number of fused-ring (bicyclic) bond motifs is 3. The number of alkyl halides is 3. The van der Waals surface area contributed by atoms with E-state index in [1.54, 1.807) is 12.1 Å². The fourth-order valence-corrected chi connectivity index (χ4v) is 12.3. The number of aromatic nitrogens is 1. The third-order valence-corrected chi connectivity index (χ3v) is 16.1. The van der Waals surface area contributed by atoms with Gasteiger partial charge in [0.1, 0.15) is 0 Å². The molecule has 4 heteroatoms. The van der Waals surface area contributed by atoms with Crippen LogP contribution < -0.4 is 0 Å². The maximum absolute atomic E-state index is 15.0. The van der Waals surface area contributed by atoms with E-state index in [0.717, 1.165) is 66.3 Å². The molecule has 0 amide bonds. The van der Waals surface area contributed by atoms with Gasteiger partial charge in [-0.2, -0.15) is 13.2 Å². The summed E-state index contributed by atoms with van der Waals surface area (Å²) < 4.78 is 47.1. The molecule has 81 heavy (non-hydrogen) atoms. The first-order valence-electron chi connectivity index (χ1n) is 28.4. The average Bonchev–Trinajstić information content (AvgIpc) is 3.96. The molecule has 1 nitrogen and oxygen atoms in total. The molecule has 1 aromatic heterocycles. The summed E-state index contributed by atoms with van der Waals surface area (Å²) in [4.78, 5) is 0. The van der Waals surface area contributed by atoms with Crippen LogP contribution in [0.25, 0.3) is 105 Å². The van der Waals surface area contributed by atoms with Gasteiger partial charge in [-0.25, -0.2) is 0 Å². The highest BCUT2D eigenvalue weighted by molar-refractivity contribution is 6.12. The summed E-state index contributed by atoms with van der Waals surface area (Å²) in [5.74, 6) is 0. The van der Waals surface area contributed by atoms with E-state index in [0.29, 0.717) is 11.3 Å². The molecule has 0 aliphatic rings. The Morgan fingerprint density at radius 3 is 0.840 bits per heavy atom. The number of nitrogens with zero attached hydrogens (tertiary/aromatic N) is 1. The lowest BCUT2D eigenvalue weighted by Gasteiger charge is -2.25. The predicted molar refractivity (Wildman–Crippen MR) is 339 cm³/mol. The zero-order valence-corrected chi connectivity index (χ0v) is 48.9. The number of halogens is 3. The van der Waals surface area contributed by atoms with Crippen LogP contribution in [-0.4, -0.2) is 4.57 Å². The molecule has 0 atom stereocenters. The minimum Gasteiger partial charge on any atom is -0.309 e. The Kier molecular flexibility index (Phi) is 13.8. The molecule has 10 aromatic carbocycles. The second kappa shape index (κ2) is 20.4. The van der Waals surface area contributed by atoms with Crippen LogP contribution in [-0.2, 0) is 27.8 Å². The van der Waals surface area contributed by atoms with Gasteiger partial charge < -0.3 is 4.57 Å². The number of hydrogen-bond acceptors (Lipinski definition) is 0. The summed E-state index contributed by atoms with van der Waals surface area (Å²) in [6, 6.07) is 75.9. The van der Waals surface area contributed by atoms with Crippen LogP contribution in [0.15, 0.2) is 218 Å². The maximum Gasteiger partial charge on any atom is 0.417 e. The summed E-state index contributed by atoms with van der Waals surface area (Å²) in [7, 11) is 0. The Labute approximate surface area is 477 Å². The minimum absolute atomic E-state index is 0.113. The van der Waals surface area contributed by atoms with Crippen LogP contribution in [0.5, 0.6) is 0 Å². The van der Waals surface area contributed by atoms with Crippen LogP contribution in [0.2, 0.25) is 0 Å². The molecule has 0 spiro atoms. The largest absolute Gasteiger partial charge is 0.417 e. The maximum atomic E-state index is 15.0. The van der Waals surface area contributed by atoms with Crippen LogP contribution >= 0.6 is 0 Å². The number of hydrogen-bond donors (Lipinski definition) is 0. The van der Waals surface area contributed by atoms with E-state index >= 15 is 0 Å². The molecule has 11 rings (SSSR count). The van der Waals surface area contributed by atoms with Crippen molar-refractivity contribution in [2.75, 3.05) is 0 Å². The van der Waals surface area contributed by atoms with Crippen molar-refractivity contribution in [3.8, 4) is 83.6 Å². The molecule has 0 unspecified atom stereocenters. The molecular weight excluding hydrogens is 996 g/mol. The predicted octanol–water partition coefficient (Wildman–Crippen LogP) is 22.7. The molecule has 0 radical (unpaired) electrons. The van der Waals surface area contributed by atoms with Gasteiger partial charge in [0.2, 0.25) is 0 Å². The van der Waals surface area contributed by atoms with Crippen LogP contribution in [0.1, 0.15) is 111 Å². The first-order valence-corrected chi connectivity index (χ1v) is 28.4. The zero-order valence-electron chi connectivity index (χ0n) is 48.9. The van der Waals surface area contributed by atoms with Gasteiger partial charge in [0, 0.05) is 16.3 Å². The lowest BCUT2D eigenvalue weighted by molar-refractivity contribution is -0.137. The fraction of sp³-hybridized carbons (Fsp3) is 0.221. The smallest absolute Gasteiger partial charge is 0.309 e. The Bertz CT molecular complexity index is 3820. The van der Waals surface area contributed by atoms with Crippen molar-refractivity contribution in [3.63, 3.8) is 0 Å². The van der Waals surface area contributed by atoms with Crippen LogP contribution in [0, 0.1) is 0 Å². The number of benzene rings is 10. The molecule has 0 aliphatic heterocycles. The SMILES string of the molecule is CC(C)(C)c1ccccc1-c1cc(-c2ccc3c(c2)c2cc(-c4cc(-c5ccccc5C(C)(C)C)cc(-c5ccccc5C(C)(C)C)c4)ccc2n3-c2ccccc2-c2ccccc2C(F)(F)F)cc(-c2ccccc2C(C)(C)C)c1. The minimum atomic E-state index is -4.56. The monoisotopic (exact) mass is 1070 g/mol. The molecule has 0 N–H and O–H groups in total. The lowest BCUT2D eigenvalue weighted by Crippen LogP contribution is -2.13. The van der Waals surface area contributed by atoms with E-state index in [2.05, 4.69) is 258 Å². The standard InChI is InChI=1S/C77H72F3N/c1-73(2,3)65-31-19-13-25-57(65)53-41-51(42-54(45-53)58-26-14-20-32-66(58)74(4,5)6)49-37-39-71-63(47-49)64-48-50(38-40-72(64)81(71)70-36-24-18-30-62(70)61-29-17-23-35-69(61)77(78,79)80)52-43-55(59-27-15-21-33-67(59)75(7,8)9)46-56(44-52)60-28-16-22-34-68(60)76(10,11)12/h13-48H,1-12H3. The summed E-state index contributed by atoms with van der Waals surface area (Å²) >= 11 is 0. The average molecular weight is 1070 g/mol. The van der Waals surface area contributed by atoms with Gasteiger partial charge >= 0.3 is 6.18 Å². The second-order valence-corrected chi connectivity index (χ2v) is 26.1. The summed E-state index contributed by atoms with van der Waals surface area (Å²) in [6.45, 7) is 27.3. The molecule has 11 aromatic rings. The van der Waals surface area contributed by atoms with E-state index in [-0.39, 0.29) is 27.2 Å². The lowest BCUT2D eigenvalue weighted by atomic mass is 9.79. The second-order valence-electron chi connectivity index (χ2n) is 26.1. The van der Waals surface area contributed by atoms with E-state index < -0.39 is 11.7 Å². The van der Waals surface area contributed by atoms with Crippen molar-refractivity contribution in [2.45, 2.75) is 111 Å². The van der Waals surface area contributed by atoms with Gasteiger partial charge in [-0.15, -0.1) is 0 Å². The zero-order chi connectivity index (χ0) is 57.4. The normalized spacial score (nSPS) is 12.6. The topological polar surface area (TPSA) is 4.93 Å². The van der Waals surface area contributed by atoms with Crippen molar-refractivity contribution in [2.24, 2.45) is 0 Å². The van der Waals surface area contributed by atoms with E-state index in [4.69, 9.17) is 0 Å². The molecule has 406 valence electrons. The first kappa shape index (κ1) is 54.7. The van der Waals surface area contributed by atoms with Gasteiger partial charge in [-0.1, -0.05) is 229 Å². The molecule has 0 saturated carbocycles. The van der Waals surface area contributed by atoms with Crippen molar-refractivity contribution in [3.05, 3.63) is 246 Å². The summed E-state index contributed by atoms with van der Waals surface area (Å²) in [5.41, 5.74) is 20.5. The van der Waals surface area contributed by atoms with E-state index in [9.17, 15) is 13.2 Å². The van der Waals surface area contributed by atoms with Gasteiger partial charge in [-0.05, 0) is 189 Å². The van der Waals surface area contributed by atoms with E-state index in [1.165, 1.54) is 56.6 Å². The Morgan fingerprint density at radius 1 is 0.247 bits per heavy atom. The van der Waals surface area contributed by atoms with Gasteiger partial charge in [0.25, 0.3) is 0 Å². The Hall–Kier alpha value is -8.21. The highest BCUT2D eigenvalue weighted by Gasteiger charge is 2.34. The van der Waals surface area contributed by atoms with Gasteiger partial charge in [-0.3, -0.25) is 0 Å². The molecule has 0 aliphatic carbocycles. The van der Waals surface area contributed by atoms with Crippen LogP contribution in [0.4, 0.5) is 13.2 Å². The van der Waals surface area contributed by atoms with Crippen molar-refractivity contribution in [1.82, 2.24) is 4.57 Å². The van der Waals surface area contributed by atoms with Crippen molar-refractivity contribution >= 4 is 21.8 Å². The molecular formula is C77H72F3N. The van der Waals surface area contributed by atoms with Crippen molar-refractivity contribution in [1.29, 1.82) is 0 Å². The quantitative estimate of drug-likeness (QED) is 0.143. The van der Waals surface area contributed by atoms with Gasteiger partial charge in [0.05, 0.1) is 22.3 Å². The summed E-state index contributed by atoms with van der Waals surface area (Å²) in [5, 5.41) is 1.99. The third kappa shape index (κ3) is 10.6. The van der Waals surface area contributed by atoms with E-state index in [1.807, 2.05) is 24.3 Å². The highest BCUT2D eigenvalue weighted by atomic mass is 19.4. The highest BCUT2D eigenvalue weighted by Crippen LogP contribution is 2.47.